The standard InChI is InChI=1S/C17H22N2O2/c1-12(14-7-9-18-10-8-14)19-13(2)16-11-15(20-3)5-6-17(16)21-4/h5-13,19H,1-4H3/t12-,13?/m1/s1. The van der Waals surface area contributed by atoms with E-state index in [1.165, 1.54) is 5.56 Å². The second kappa shape index (κ2) is 7.09. The van der Waals surface area contributed by atoms with E-state index in [-0.39, 0.29) is 12.1 Å². The first kappa shape index (κ1) is 15.3. The molecule has 1 aromatic carbocycles. The number of nitrogens with one attached hydrogen (secondary N) is 1. The first-order valence-corrected chi connectivity index (χ1v) is 7.03. The first-order valence-electron chi connectivity index (χ1n) is 7.03. The van der Waals surface area contributed by atoms with Crippen molar-refractivity contribution >= 4 is 0 Å². The summed E-state index contributed by atoms with van der Waals surface area (Å²) in [5.41, 5.74) is 2.29. The van der Waals surface area contributed by atoms with Gasteiger partial charge in [-0.3, -0.25) is 4.98 Å². The van der Waals surface area contributed by atoms with Crippen molar-refractivity contribution in [2.45, 2.75) is 25.9 Å². The van der Waals surface area contributed by atoms with Crippen molar-refractivity contribution in [1.29, 1.82) is 0 Å². The average molecular weight is 286 g/mol. The van der Waals surface area contributed by atoms with E-state index in [2.05, 4.69) is 24.1 Å². The lowest BCUT2D eigenvalue weighted by Crippen LogP contribution is -2.23. The highest BCUT2D eigenvalue weighted by molar-refractivity contribution is 5.42. The number of methoxy groups -OCH3 is 2. The van der Waals surface area contributed by atoms with Crippen LogP contribution in [0.3, 0.4) is 0 Å². The average Bonchev–Trinajstić information content (AvgIpc) is 2.54. The molecular formula is C17H22N2O2. The maximum atomic E-state index is 5.45. The molecule has 0 spiro atoms. The number of benzene rings is 1. The minimum absolute atomic E-state index is 0.137. The molecule has 4 nitrogen and oxygen atoms in total. The van der Waals surface area contributed by atoms with E-state index in [4.69, 9.17) is 9.47 Å². The fourth-order valence-corrected chi connectivity index (χ4v) is 2.39. The number of rotatable bonds is 6. The zero-order valence-corrected chi connectivity index (χ0v) is 13.0. The molecule has 1 aromatic heterocycles. The summed E-state index contributed by atoms with van der Waals surface area (Å²) < 4.78 is 10.8. The van der Waals surface area contributed by atoms with Crippen LogP contribution < -0.4 is 14.8 Å². The van der Waals surface area contributed by atoms with Crippen LogP contribution in [-0.2, 0) is 0 Å². The lowest BCUT2D eigenvalue weighted by atomic mass is 10.0. The molecule has 0 saturated carbocycles. The third kappa shape index (κ3) is 3.73. The number of ether oxygens (including phenoxy) is 2. The van der Waals surface area contributed by atoms with Gasteiger partial charge in [-0.25, -0.2) is 0 Å². The lowest BCUT2D eigenvalue weighted by molar-refractivity contribution is 0.387. The van der Waals surface area contributed by atoms with Crippen molar-refractivity contribution in [2.24, 2.45) is 0 Å². The second-order valence-electron chi connectivity index (χ2n) is 5.00. The van der Waals surface area contributed by atoms with Crippen molar-refractivity contribution in [1.82, 2.24) is 10.3 Å². The molecule has 2 rings (SSSR count). The maximum Gasteiger partial charge on any atom is 0.123 e. The van der Waals surface area contributed by atoms with Gasteiger partial charge in [-0.15, -0.1) is 0 Å². The number of pyridine rings is 1. The number of aromatic nitrogens is 1. The van der Waals surface area contributed by atoms with Crippen LogP contribution in [0.2, 0.25) is 0 Å². The molecule has 0 aliphatic heterocycles. The molecule has 0 fully saturated rings. The number of nitrogens with zero attached hydrogens (tertiary/aromatic N) is 1. The minimum Gasteiger partial charge on any atom is -0.497 e. The monoisotopic (exact) mass is 286 g/mol. The van der Waals surface area contributed by atoms with E-state index >= 15 is 0 Å². The largest absolute Gasteiger partial charge is 0.497 e. The topological polar surface area (TPSA) is 43.4 Å². The van der Waals surface area contributed by atoms with Crippen molar-refractivity contribution < 1.29 is 9.47 Å². The summed E-state index contributed by atoms with van der Waals surface area (Å²) in [6.07, 6.45) is 3.62. The molecule has 21 heavy (non-hydrogen) atoms. The van der Waals surface area contributed by atoms with Gasteiger partial charge in [0.25, 0.3) is 0 Å². The Morgan fingerprint density at radius 2 is 1.67 bits per heavy atom. The molecule has 0 aliphatic rings. The summed E-state index contributed by atoms with van der Waals surface area (Å²) in [7, 11) is 3.35. The molecule has 0 radical (unpaired) electrons. The fourth-order valence-electron chi connectivity index (χ4n) is 2.39. The molecule has 1 unspecified atom stereocenters. The van der Waals surface area contributed by atoms with E-state index in [1.807, 2.05) is 42.7 Å². The van der Waals surface area contributed by atoms with Gasteiger partial charge in [0.05, 0.1) is 14.2 Å². The minimum atomic E-state index is 0.137. The Hall–Kier alpha value is -2.07. The van der Waals surface area contributed by atoms with E-state index in [9.17, 15) is 0 Å². The van der Waals surface area contributed by atoms with E-state index in [0.29, 0.717) is 0 Å². The lowest BCUT2D eigenvalue weighted by Gasteiger charge is -2.22. The van der Waals surface area contributed by atoms with Gasteiger partial charge < -0.3 is 14.8 Å². The Morgan fingerprint density at radius 1 is 0.952 bits per heavy atom. The van der Waals surface area contributed by atoms with Gasteiger partial charge in [0.15, 0.2) is 0 Å². The van der Waals surface area contributed by atoms with Gasteiger partial charge in [-0.05, 0) is 49.7 Å². The van der Waals surface area contributed by atoms with Crippen molar-refractivity contribution in [2.75, 3.05) is 14.2 Å². The normalized spacial score (nSPS) is 13.5. The summed E-state index contributed by atoms with van der Waals surface area (Å²) in [6, 6.07) is 10.2. The van der Waals surface area contributed by atoms with Crippen LogP contribution in [0.25, 0.3) is 0 Å². The molecule has 2 aromatic rings. The Balaban J connectivity index is 2.18. The number of hydrogen-bond acceptors (Lipinski definition) is 4. The quantitative estimate of drug-likeness (QED) is 0.882. The predicted octanol–water partition coefficient (Wildman–Crippen LogP) is 3.51. The fraction of sp³-hybridized carbons (Fsp3) is 0.353. The molecule has 1 heterocycles. The number of hydrogen-bond donors (Lipinski definition) is 1. The molecule has 4 heteroatoms. The van der Waals surface area contributed by atoms with Crippen LogP contribution in [0, 0.1) is 0 Å². The maximum absolute atomic E-state index is 5.45. The molecular weight excluding hydrogens is 264 g/mol. The summed E-state index contributed by atoms with van der Waals surface area (Å²) in [5, 5.41) is 3.58. The van der Waals surface area contributed by atoms with Crippen LogP contribution in [-0.4, -0.2) is 19.2 Å². The first-order chi connectivity index (χ1) is 10.2. The van der Waals surface area contributed by atoms with Crippen LogP contribution in [0.15, 0.2) is 42.7 Å². The molecule has 2 atom stereocenters. The van der Waals surface area contributed by atoms with E-state index < -0.39 is 0 Å². The van der Waals surface area contributed by atoms with Gasteiger partial charge in [0.2, 0.25) is 0 Å². The Bertz CT molecular complexity index is 572. The highest BCUT2D eigenvalue weighted by Gasteiger charge is 2.15. The smallest absolute Gasteiger partial charge is 0.123 e. The molecule has 0 amide bonds. The van der Waals surface area contributed by atoms with E-state index in [0.717, 1.165) is 17.1 Å². The van der Waals surface area contributed by atoms with Crippen molar-refractivity contribution in [3.8, 4) is 11.5 Å². The second-order valence-corrected chi connectivity index (χ2v) is 5.00. The molecule has 0 aliphatic carbocycles. The summed E-state index contributed by atoms with van der Waals surface area (Å²) in [5.74, 6) is 1.69. The molecule has 1 N–H and O–H groups in total. The predicted molar refractivity (Wildman–Crippen MR) is 83.7 cm³/mol. The molecule has 112 valence electrons. The SMILES string of the molecule is COc1ccc(OC)c(C(C)N[C@H](C)c2ccncc2)c1. The zero-order chi connectivity index (χ0) is 15.2. The summed E-state index contributed by atoms with van der Waals surface area (Å²) in [4.78, 5) is 4.05. The van der Waals surface area contributed by atoms with Gasteiger partial charge in [0, 0.05) is 30.0 Å². The molecule has 0 saturated heterocycles. The van der Waals surface area contributed by atoms with Crippen molar-refractivity contribution in [3.05, 3.63) is 53.9 Å². The van der Waals surface area contributed by atoms with Crippen molar-refractivity contribution in [3.63, 3.8) is 0 Å². The Kier molecular flexibility index (Phi) is 5.17. The van der Waals surface area contributed by atoms with Gasteiger partial charge in [0.1, 0.15) is 11.5 Å². The van der Waals surface area contributed by atoms with Gasteiger partial charge in [-0.1, -0.05) is 0 Å². The van der Waals surface area contributed by atoms with E-state index in [1.54, 1.807) is 14.2 Å². The summed E-state index contributed by atoms with van der Waals surface area (Å²) >= 11 is 0. The van der Waals surface area contributed by atoms with Crippen LogP contribution in [0.1, 0.15) is 37.1 Å². The van der Waals surface area contributed by atoms with Crippen LogP contribution in [0.5, 0.6) is 11.5 Å². The Morgan fingerprint density at radius 3 is 2.29 bits per heavy atom. The summed E-state index contributed by atoms with van der Waals surface area (Å²) in [6.45, 7) is 4.26. The zero-order valence-electron chi connectivity index (χ0n) is 13.0. The van der Waals surface area contributed by atoms with Crippen LogP contribution >= 0.6 is 0 Å². The van der Waals surface area contributed by atoms with Crippen LogP contribution in [0.4, 0.5) is 0 Å². The Labute approximate surface area is 126 Å². The third-order valence-corrected chi connectivity index (χ3v) is 3.61. The third-order valence-electron chi connectivity index (χ3n) is 3.61. The highest BCUT2D eigenvalue weighted by atomic mass is 16.5. The molecule has 0 bridgehead atoms. The van der Waals surface area contributed by atoms with Gasteiger partial charge in [-0.2, -0.15) is 0 Å². The van der Waals surface area contributed by atoms with Gasteiger partial charge >= 0.3 is 0 Å². The highest BCUT2D eigenvalue weighted by Crippen LogP contribution is 2.30.